The van der Waals surface area contributed by atoms with Gasteiger partial charge in [-0.25, -0.2) is 8.78 Å². The van der Waals surface area contributed by atoms with Crippen molar-refractivity contribution in [2.24, 2.45) is 5.73 Å². The second-order valence-electron chi connectivity index (χ2n) is 3.24. The molecule has 78 valence electrons. The normalized spacial score (nSPS) is 15.6. The number of benzene rings is 1. The van der Waals surface area contributed by atoms with Crippen molar-refractivity contribution in [2.45, 2.75) is 18.9 Å². The largest absolute Gasteiger partial charge is 0.508 e. The monoisotopic (exact) mass is 221 g/mol. The fraction of sp³-hybridized carbons (Fsp3) is 0.333. The molecular formula is C9H10ClF2NO. The molecule has 0 heterocycles. The molecule has 0 amide bonds. The van der Waals surface area contributed by atoms with Gasteiger partial charge in [-0.15, -0.1) is 0 Å². The highest BCUT2D eigenvalue weighted by atomic mass is 35.5. The quantitative estimate of drug-likeness (QED) is 0.806. The highest BCUT2D eigenvalue weighted by Gasteiger charge is 2.34. The van der Waals surface area contributed by atoms with E-state index in [1.54, 1.807) is 0 Å². The van der Waals surface area contributed by atoms with Gasteiger partial charge in [-0.3, -0.25) is 0 Å². The molecule has 1 aromatic rings. The van der Waals surface area contributed by atoms with E-state index in [1.807, 2.05) is 0 Å². The molecule has 0 aliphatic carbocycles. The van der Waals surface area contributed by atoms with E-state index in [2.05, 4.69) is 0 Å². The van der Waals surface area contributed by atoms with Gasteiger partial charge in [0.2, 0.25) is 0 Å². The number of hydrogen-bond donors (Lipinski definition) is 2. The Morgan fingerprint density at radius 1 is 1.50 bits per heavy atom. The van der Waals surface area contributed by atoms with Crippen LogP contribution in [-0.4, -0.2) is 11.5 Å². The molecule has 5 heteroatoms. The third-order valence-corrected chi connectivity index (χ3v) is 2.23. The van der Waals surface area contributed by atoms with Crippen molar-refractivity contribution in [1.82, 2.24) is 0 Å². The molecule has 0 saturated carbocycles. The Morgan fingerprint density at radius 3 is 2.57 bits per heavy atom. The van der Waals surface area contributed by atoms with Crippen LogP contribution in [0.2, 0.25) is 5.02 Å². The number of rotatable bonds is 2. The van der Waals surface area contributed by atoms with E-state index < -0.39 is 12.0 Å². The first kappa shape index (κ1) is 11.2. The molecule has 1 atom stereocenters. The van der Waals surface area contributed by atoms with Crippen LogP contribution in [0.15, 0.2) is 18.2 Å². The van der Waals surface area contributed by atoms with Gasteiger partial charge in [-0.2, -0.15) is 0 Å². The van der Waals surface area contributed by atoms with Crippen molar-refractivity contribution < 1.29 is 13.9 Å². The molecule has 2 nitrogen and oxygen atoms in total. The van der Waals surface area contributed by atoms with Crippen LogP contribution in [0.25, 0.3) is 0 Å². The minimum Gasteiger partial charge on any atom is -0.508 e. The Bertz CT molecular complexity index is 342. The summed E-state index contributed by atoms with van der Waals surface area (Å²) in [5.74, 6) is -0.278. The summed E-state index contributed by atoms with van der Waals surface area (Å²) in [4.78, 5) is 0. The van der Waals surface area contributed by atoms with Crippen molar-refractivity contribution in [3.05, 3.63) is 28.8 Å². The Balaban J connectivity index is 3.24. The van der Waals surface area contributed by atoms with Gasteiger partial charge in [-0.05, 0) is 25.1 Å². The predicted molar refractivity (Wildman–Crippen MR) is 50.7 cm³/mol. The molecule has 0 fully saturated rings. The van der Waals surface area contributed by atoms with Crippen molar-refractivity contribution in [3.8, 4) is 5.75 Å². The van der Waals surface area contributed by atoms with Gasteiger partial charge >= 0.3 is 0 Å². The van der Waals surface area contributed by atoms with Crippen LogP contribution in [0.4, 0.5) is 8.78 Å². The highest BCUT2D eigenvalue weighted by Crippen LogP contribution is 2.33. The molecule has 0 aliphatic rings. The molecule has 1 aromatic carbocycles. The summed E-state index contributed by atoms with van der Waals surface area (Å²) in [6.07, 6.45) is -2.77. The van der Waals surface area contributed by atoms with Gasteiger partial charge in [0.1, 0.15) is 11.3 Å². The topological polar surface area (TPSA) is 46.2 Å². The Kier molecular flexibility index (Phi) is 2.97. The number of hydrogen-bond acceptors (Lipinski definition) is 2. The number of nitrogens with two attached hydrogens (primary N) is 1. The standard InChI is InChI=1S/C9H10ClF2NO/c1-9(13,8(11)12)6-4-5(10)2-3-7(6)14/h2-4,8,14H,13H2,1H3. The second kappa shape index (κ2) is 3.71. The van der Waals surface area contributed by atoms with Crippen LogP contribution in [0.5, 0.6) is 5.75 Å². The number of phenols is 1. The predicted octanol–water partition coefficient (Wildman–Crippen LogP) is 2.48. The molecule has 1 unspecified atom stereocenters. The fourth-order valence-electron chi connectivity index (χ4n) is 1.06. The third kappa shape index (κ3) is 1.96. The van der Waals surface area contributed by atoms with E-state index in [4.69, 9.17) is 17.3 Å². The van der Waals surface area contributed by atoms with E-state index in [9.17, 15) is 13.9 Å². The van der Waals surface area contributed by atoms with Crippen LogP contribution in [0, 0.1) is 0 Å². The zero-order chi connectivity index (χ0) is 10.9. The average molecular weight is 222 g/mol. The van der Waals surface area contributed by atoms with Crippen molar-refractivity contribution >= 4 is 11.6 Å². The maximum atomic E-state index is 12.5. The summed E-state index contributed by atoms with van der Waals surface area (Å²) in [5, 5.41) is 9.61. The first-order valence-electron chi connectivity index (χ1n) is 3.91. The summed E-state index contributed by atoms with van der Waals surface area (Å²) in [6, 6.07) is 3.89. The fourth-order valence-corrected chi connectivity index (χ4v) is 1.23. The van der Waals surface area contributed by atoms with Crippen molar-refractivity contribution in [1.29, 1.82) is 0 Å². The minimum atomic E-state index is -2.77. The Labute approximate surface area is 85.3 Å². The molecule has 14 heavy (non-hydrogen) atoms. The van der Waals surface area contributed by atoms with E-state index in [1.165, 1.54) is 18.2 Å². The third-order valence-electron chi connectivity index (χ3n) is 1.99. The molecule has 0 aliphatic heterocycles. The SMILES string of the molecule is CC(N)(c1cc(Cl)ccc1O)C(F)F. The summed E-state index contributed by atoms with van der Waals surface area (Å²) in [6.45, 7) is 1.14. The second-order valence-corrected chi connectivity index (χ2v) is 3.68. The van der Waals surface area contributed by atoms with Crippen LogP contribution >= 0.6 is 11.6 Å². The van der Waals surface area contributed by atoms with Crippen molar-refractivity contribution in [3.63, 3.8) is 0 Å². The van der Waals surface area contributed by atoms with Crippen LogP contribution in [-0.2, 0) is 5.54 Å². The number of halogens is 3. The van der Waals surface area contributed by atoms with E-state index in [-0.39, 0.29) is 16.3 Å². The first-order valence-corrected chi connectivity index (χ1v) is 4.29. The highest BCUT2D eigenvalue weighted by molar-refractivity contribution is 6.30. The molecule has 0 radical (unpaired) electrons. The van der Waals surface area contributed by atoms with Crippen LogP contribution in [0.3, 0.4) is 0 Å². The summed E-state index contributed by atoms with van der Waals surface area (Å²) >= 11 is 5.62. The van der Waals surface area contributed by atoms with Gasteiger partial charge < -0.3 is 10.8 Å². The van der Waals surface area contributed by atoms with E-state index in [0.717, 1.165) is 6.92 Å². The Morgan fingerprint density at radius 2 is 2.07 bits per heavy atom. The maximum Gasteiger partial charge on any atom is 0.260 e. The van der Waals surface area contributed by atoms with Gasteiger partial charge in [0.15, 0.2) is 0 Å². The van der Waals surface area contributed by atoms with E-state index >= 15 is 0 Å². The smallest absolute Gasteiger partial charge is 0.260 e. The molecular weight excluding hydrogens is 212 g/mol. The van der Waals surface area contributed by atoms with Crippen LogP contribution < -0.4 is 5.73 Å². The number of aromatic hydroxyl groups is 1. The van der Waals surface area contributed by atoms with Crippen molar-refractivity contribution in [2.75, 3.05) is 0 Å². The maximum absolute atomic E-state index is 12.5. The lowest BCUT2D eigenvalue weighted by molar-refractivity contribution is 0.0611. The van der Waals surface area contributed by atoms with Crippen LogP contribution in [0.1, 0.15) is 12.5 Å². The molecule has 0 bridgehead atoms. The lowest BCUT2D eigenvalue weighted by Crippen LogP contribution is -2.40. The zero-order valence-corrected chi connectivity index (χ0v) is 8.22. The number of alkyl halides is 2. The van der Waals surface area contributed by atoms with E-state index in [0.29, 0.717) is 0 Å². The summed E-state index contributed by atoms with van der Waals surface area (Å²) < 4.78 is 25.1. The number of phenolic OH excluding ortho intramolecular Hbond substituents is 1. The molecule has 1 rings (SSSR count). The minimum absolute atomic E-state index is 0.0556. The van der Waals surface area contributed by atoms with Gasteiger partial charge in [0.25, 0.3) is 6.43 Å². The average Bonchev–Trinajstić information content (AvgIpc) is 2.08. The van der Waals surface area contributed by atoms with Gasteiger partial charge in [0.05, 0.1) is 0 Å². The lowest BCUT2D eigenvalue weighted by Gasteiger charge is -2.24. The van der Waals surface area contributed by atoms with Gasteiger partial charge in [-0.1, -0.05) is 11.6 Å². The summed E-state index contributed by atoms with van der Waals surface area (Å²) in [7, 11) is 0. The van der Waals surface area contributed by atoms with Gasteiger partial charge in [0, 0.05) is 10.6 Å². The Hall–Kier alpha value is -0.870. The lowest BCUT2D eigenvalue weighted by atomic mass is 9.93. The molecule has 3 N–H and O–H groups in total. The zero-order valence-electron chi connectivity index (χ0n) is 7.47. The molecule has 0 spiro atoms. The molecule has 0 saturated heterocycles. The molecule has 0 aromatic heterocycles. The first-order chi connectivity index (χ1) is 6.35. The summed E-state index contributed by atoms with van der Waals surface area (Å²) in [5.41, 5.74) is 3.43.